The second kappa shape index (κ2) is 44.7. The fourth-order valence-corrected chi connectivity index (χ4v) is 7.77. The average Bonchev–Trinajstić information content (AvgIpc) is 3.19. The molecule has 0 saturated heterocycles. The molecule has 0 spiro atoms. The van der Waals surface area contributed by atoms with Crippen molar-refractivity contribution in [2.75, 3.05) is 6.61 Å². The molecule has 3 unspecified atom stereocenters. The molecule has 0 aromatic rings. The number of unbranched alkanes of at least 4 members (excludes halogenated alkanes) is 31. The zero-order valence-corrected chi connectivity index (χ0v) is 37.8. The standard InChI is InChI=1S/C50H97NO5/c1-4-7-10-13-16-19-21-23-24-25-26-27-30-33-36-39-42-48(53)47(45-52)51-49(54)44-46(41-38-35-32-29-18-15-12-9-6-3)56-50(55)43-40-37-34-31-28-22-20-17-14-11-8-5-2/h15,18,46-48,52-53H,4-14,16-17,19-45H2,1-3H3,(H,51,54)/b18-15-. The van der Waals surface area contributed by atoms with Gasteiger partial charge in [-0.25, -0.2) is 0 Å². The van der Waals surface area contributed by atoms with Crippen LogP contribution in [0.2, 0.25) is 0 Å². The van der Waals surface area contributed by atoms with Crippen LogP contribution in [0.15, 0.2) is 12.2 Å². The molecule has 0 aliphatic heterocycles. The first kappa shape index (κ1) is 54.6. The number of amides is 1. The molecule has 6 nitrogen and oxygen atoms in total. The van der Waals surface area contributed by atoms with E-state index in [9.17, 15) is 19.8 Å². The van der Waals surface area contributed by atoms with Crippen molar-refractivity contribution in [3.05, 3.63) is 12.2 Å². The van der Waals surface area contributed by atoms with E-state index in [1.54, 1.807) is 0 Å². The summed E-state index contributed by atoms with van der Waals surface area (Å²) in [5.74, 6) is -0.479. The summed E-state index contributed by atoms with van der Waals surface area (Å²) in [6.45, 7) is 6.45. The van der Waals surface area contributed by atoms with Gasteiger partial charge in [0.2, 0.25) is 5.91 Å². The number of hydrogen-bond acceptors (Lipinski definition) is 5. The predicted octanol–water partition coefficient (Wildman–Crippen LogP) is 14.6. The number of hydrogen-bond donors (Lipinski definition) is 3. The van der Waals surface area contributed by atoms with Gasteiger partial charge in [0, 0.05) is 6.42 Å². The van der Waals surface area contributed by atoms with Gasteiger partial charge in [-0.05, 0) is 44.9 Å². The third kappa shape index (κ3) is 39.4. The molecule has 332 valence electrons. The third-order valence-electron chi connectivity index (χ3n) is 11.6. The van der Waals surface area contributed by atoms with Crippen LogP contribution in [-0.2, 0) is 14.3 Å². The monoisotopic (exact) mass is 792 g/mol. The molecule has 0 bridgehead atoms. The molecule has 0 saturated carbocycles. The lowest BCUT2D eigenvalue weighted by atomic mass is 10.0. The molecule has 3 N–H and O–H groups in total. The van der Waals surface area contributed by atoms with Crippen molar-refractivity contribution in [3.63, 3.8) is 0 Å². The largest absolute Gasteiger partial charge is 0.462 e. The zero-order valence-electron chi connectivity index (χ0n) is 37.8. The maximum Gasteiger partial charge on any atom is 0.306 e. The first-order chi connectivity index (χ1) is 27.5. The van der Waals surface area contributed by atoms with E-state index in [1.807, 2.05) is 0 Å². The van der Waals surface area contributed by atoms with E-state index in [2.05, 4.69) is 38.2 Å². The summed E-state index contributed by atoms with van der Waals surface area (Å²) in [4.78, 5) is 26.0. The summed E-state index contributed by atoms with van der Waals surface area (Å²) >= 11 is 0. The van der Waals surface area contributed by atoms with Crippen LogP contribution >= 0.6 is 0 Å². The Morgan fingerprint density at radius 2 is 0.875 bits per heavy atom. The highest BCUT2D eigenvalue weighted by atomic mass is 16.5. The molecule has 0 heterocycles. The molecule has 0 rings (SSSR count). The minimum atomic E-state index is -0.784. The number of esters is 1. The van der Waals surface area contributed by atoms with Gasteiger partial charge in [0.1, 0.15) is 6.10 Å². The SMILES string of the molecule is CCCC/C=C\CCCCCC(CC(=O)NC(CO)C(O)CCCCCCCCCCCCCCCCCC)OC(=O)CCCCCCCCCCCCCC. The van der Waals surface area contributed by atoms with Crippen molar-refractivity contribution >= 4 is 11.9 Å². The number of aliphatic hydroxyl groups excluding tert-OH is 2. The second-order valence-electron chi connectivity index (χ2n) is 17.2. The minimum absolute atomic E-state index is 0.0728. The molecule has 0 radical (unpaired) electrons. The van der Waals surface area contributed by atoms with Crippen LogP contribution in [0.4, 0.5) is 0 Å². The third-order valence-corrected chi connectivity index (χ3v) is 11.6. The predicted molar refractivity (Wildman–Crippen MR) is 241 cm³/mol. The van der Waals surface area contributed by atoms with Gasteiger partial charge in [0.15, 0.2) is 0 Å². The van der Waals surface area contributed by atoms with E-state index in [0.29, 0.717) is 19.3 Å². The van der Waals surface area contributed by atoms with E-state index < -0.39 is 18.2 Å². The number of nitrogens with one attached hydrogen (secondary N) is 1. The summed E-state index contributed by atoms with van der Waals surface area (Å²) in [5, 5.41) is 23.7. The molecule has 0 aromatic carbocycles. The van der Waals surface area contributed by atoms with Crippen molar-refractivity contribution in [2.24, 2.45) is 0 Å². The van der Waals surface area contributed by atoms with Gasteiger partial charge in [-0.1, -0.05) is 226 Å². The molecule has 0 fully saturated rings. The average molecular weight is 792 g/mol. The molecule has 3 atom stereocenters. The van der Waals surface area contributed by atoms with Crippen molar-refractivity contribution < 1.29 is 24.5 Å². The van der Waals surface area contributed by atoms with Crippen LogP contribution in [0.5, 0.6) is 0 Å². The minimum Gasteiger partial charge on any atom is -0.462 e. The van der Waals surface area contributed by atoms with Gasteiger partial charge in [-0.3, -0.25) is 9.59 Å². The lowest BCUT2D eigenvalue weighted by Crippen LogP contribution is -2.46. The van der Waals surface area contributed by atoms with Gasteiger partial charge in [-0.2, -0.15) is 0 Å². The highest BCUT2D eigenvalue weighted by Crippen LogP contribution is 2.18. The zero-order chi connectivity index (χ0) is 41.0. The second-order valence-corrected chi connectivity index (χ2v) is 17.2. The van der Waals surface area contributed by atoms with E-state index >= 15 is 0 Å². The van der Waals surface area contributed by atoms with Crippen LogP contribution in [0.25, 0.3) is 0 Å². The van der Waals surface area contributed by atoms with E-state index in [-0.39, 0.29) is 24.9 Å². The van der Waals surface area contributed by atoms with Crippen LogP contribution in [0.3, 0.4) is 0 Å². The molecule has 0 aliphatic rings. The molecule has 6 heteroatoms. The summed E-state index contributed by atoms with van der Waals surface area (Å²) in [6.07, 6.45) is 48.5. The summed E-state index contributed by atoms with van der Waals surface area (Å²) < 4.78 is 5.89. The Hall–Kier alpha value is -1.40. The molecular weight excluding hydrogens is 695 g/mol. The summed E-state index contributed by atoms with van der Waals surface area (Å²) in [6, 6.07) is -0.698. The smallest absolute Gasteiger partial charge is 0.306 e. The lowest BCUT2D eigenvalue weighted by Gasteiger charge is -2.24. The van der Waals surface area contributed by atoms with E-state index in [4.69, 9.17) is 4.74 Å². The number of aliphatic hydroxyl groups is 2. The highest BCUT2D eigenvalue weighted by Gasteiger charge is 2.24. The van der Waals surface area contributed by atoms with Crippen LogP contribution in [0, 0.1) is 0 Å². The highest BCUT2D eigenvalue weighted by molar-refractivity contribution is 5.77. The Balaban J connectivity index is 4.42. The van der Waals surface area contributed by atoms with Gasteiger partial charge in [0.05, 0.1) is 25.2 Å². The molecular formula is C50H97NO5. The van der Waals surface area contributed by atoms with Crippen molar-refractivity contribution in [1.29, 1.82) is 0 Å². The Morgan fingerprint density at radius 1 is 0.500 bits per heavy atom. The van der Waals surface area contributed by atoms with Crippen LogP contribution in [0.1, 0.15) is 271 Å². The van der Waals surface area contributed by atoms with E-state index in [0.717, 1.165) is 64.2 Å². The fraction of sp³-hybridized carbons (Fsp3) is 0.920. The number of carbonyl (C=O) groups is 2. The topological polar surface area (TPSA) is 95.9 Å². The van der Waals surface area contributed by atoms with Crippen LogP contribution in [-0.4, -0.2) is 46.9 Å². The molecule has 0 aromatic heterocycles. The molecule has 1 amide bonds. The first-order valence-corrected chi connectivity index (χ1v) is 24.9. The normalized spacial score (nSPS) is 13.3. The summed E-state index contributed by atoms with van der Waals surface area (Å²) in [5.41, 5.74) is 0. The maximum atomic E-state index is 13.1. The molecule has 0 aliphatic carbocycles. The quantitative estimate of drug-likeness (QED) is 0.0324. The van der Waals surface area contributed by atoms with Gasteiger partial charge >= 0.3 is 5.97 Å². The van der Waals surface area contributed by atoms with Gasteiger partial charge in [-0.15, -0.1) is 0 Å². The van der Waals surface area contributed by atoms with Crippen LogP contribution < -0.4 is 5.32 Å². The number of ether oxygens (including phenoxy) is 1. The Labute approximate surface area is 349 Å². The van der Waals surface area contributed by atoms with Gasteiger partial charge in [0.25, 0.3) is 0 Å². The first-order valence-electron chi connectivity index (χ1n) is 24.9. The van der Waals surface area contributed by atoms with Gasteiger partial charge < -0.3 is 20.3 Å². The number of allylic oxidation sites excluding steroid dienone is 2. The number of carbonyl (C=O) groups excluding carboxylic acids is 2. The fourth-order valence-electron chi connectivity index (χ4n) is 7.77. The Kier molecular flexibility index (Phi) is 43.6. The summed E-state index contributed by atoms with van der Waals surface area (Å²) in [7, 11) is 0. The maximum absolute atomic E-state index is 13.1. The number of rotatable bonds is 45. The van der Waals surface area contributed by atoms with E-state index in [1.165, 1.54) is 161 Å². The van der Waals surface area contributed by atoms with Crippen molar-refractivity contribution in [2.45, 2.75) is 289 Å². The Bertz CT molecular complexity index is 847. The lowest BCUT2D eigenvalue weighted by molar-refractivity contribution is -0.151. The van der Waals surface area contributed by atoms with Crippen molar-refractivity contribution in [1.82, 2.24) is 5.32 Å². The van der Waals surface area contributed by atoms with Crippen molar-refractivity contribution in [3.8, 4) is 0 Å². The Morgan fingerprint density at radius 3 is 1.32 bits per heavy atom. The molecule has 56 heavy (non-hydrogen) atoms.